The number of amides is 1. The summed E-state index contributed by atoms with van der Waals surface area (Å²) in [6.07, 6.45) is 0. The number of rotatable bonds is 4. The zero-order valence-corrected chi connectivity index (χ0v) is 8.49. The first-order chi connectivity index (χ1) is 7.15. The van der Waals surface area contributed by atoms with Gasteiger partial charge in [0, 0.05) is 11.3 Å². The molecule has 0 aliphatic rings. The number of anilines is 1. The summed E-state index contributed by atoms with van der Waals surface area (Å²) in [6, 6.07) is 4.99. The molecule has 1 amide bonds. The van der Waals surface area contributed by atoms with Crippen LogP contribution in [-0.4, -0.2) is 24.2 Å². The summed E-state index contributed by atoms with van der Waals surface area (Å²) in [7, 11) is 0. The van der Waals surface area contributed by atoms with Crippen LogP contribution >= 0.6 is 0 Å². The topological polar surface area (TPSA) is 84.6 Å². The van der Waals surface area contributed by atoms with Crippen molar-refractivity contribution in [3.63, 3.8) is 0 Å². The second kappa shape index (κ2) is 5.33. The van der Waals surface area contributed by atoms with Crippen molar-refractivity contribution in [3.8, 4) is 0 Å². The van der Waals surface area contributed by atoms with Gasteiger partial charge >= 0.3 is 0 Å². The lowest BCUT2D eigenvalue weighted by molar-refractivity contribution is 0.0168. The maximum absolute atomic E-state index is 11.4. The Labute approximate surface area is 87.8 Å². The van der Waals surface area contributed by atoms with Crippen molar-refractivity contribution >= 4 is 11.6 Å². The molecule has 0 atom stereocenters. The number of carbonyl (C=O) groups excluding carboxylic acids is 1. The Hall–Kier alpha value is -1.59. The van der Waals surface area contributed by atoms with Gasteiger partial charge < -0.3 is 10.8 Å². The first-order valence-corrected chi connectivity index (χ1v) is 4.54. The van der Waals surface area contributed by atoms with Crippen molar-refractivity contribution in [1.82, 2.24) is 5.48 Å². The van der Waals surface area contributed by atoms with Gasteiger partial charge in [-0.25, -0.2) is 5.48 Å². The van der Waals surface area contributed by atoms with Crippen LogP contribution in [0.3, 0.4) is 0 Å². The average Bonchev–Trinajstić information content (AvgIpc) is 2.22. The Morgan fingerprint density at radius 1 is 1.60 bits per heavy atom. The zero-order valence-electron chi connectivity index (χ0n) is 8.49. The SMILES string of the molecule is Cc1ccc(C(=O)NOCCO)cc1N. The lowest BCUT2D eigenvalue weighted by atomic mass is 10.1. The molecular weight excluding hydrogens is 196 g/mol. The number of benzene rings is 1. The molecular formula is C10H14N2O3. The van der Waals surface area contributed by atoms with Crippen molar-refractivity contribution in [2.75, 3.05) is 18.9 Å². The van der Waals surface area contributed by atoms with Gasteiger partial charge in [-0.05, 0) is 24.6 Å². The predicted octanol–water partition coefficient (Wildman–Crippen LogP) is 0.231. The van der Waals surface area contributed by atoms with Crippen LogP contribution in [0.2, 0.25) is 0 Å². The first kappa shape index (κ1) is 11.5. The van der Waals surface area contributed by atoms with Crippen molar-refractivity contribution in [1.29, 1.82) is 0 Å². The van der Waals surface area contributed by atoms with Gasteiger partial charge in [0.15, 0.2) is 0 Å². The van der Waals surface area contributed by atoms with Crippen LogP contribution in [0.25, 0.3) is 0 Å². The van der Waals surface area contributed by atoms with Crippen molar-refractivity contribution < 1.29 is 14.7 Å². The molecule has 0 aliphatic carbocycles. The summed E-state index contributed by atoms with van der Waals surface area (Å²) in [5, 5.41) is 8.43. The molecule has 15 heavy (non-hydrogen) atoms. The molecule has 4 N–H and O–H groups in total. The Bertz CT molecular complexity index is 353. The maximum atomic E-state index is 11.4. The van der Waals surface area contributed by atoms with E-state index in [1.807, 2.05) is 6.92 Å². The van der Waals surface area contributed by atoms with Gasteiger partial charge in [-0.2, -0.15) is 0 Å². The summed E-state index contributed by atoms with van der Waals surface area (Å²) < 4.78 is 0. The normalized spacial score (nSPS) is 10.0. The molecule has 0 spiro atoms. The molecule has 0 aromatic heterocycles. The molecule has 0 radical (unpaired) electrons. The van der Waals surface area contributed by atoms with Crippen molar-refractivity contribution in [2.24, 2.45) is 0 Å². The van der Waals surface area contributed by atoms with Crippen LogP contribution in [0.1, 0.15) is 15.9 Å². The fourth-order valence-corrected chi connectivity index (χ4v) is 1.00. The molecule has 0 heterocycles. The fourth-order valence-electron chi connectivity index (χ4n) is 1.00. The van der Waals surface area contributed by atoms with E-state index in [9.17, 15) is 4.79 Å². The van der Waals surface area contributed by atoms with Gasteiger partial charge in [0.1, 0.15) is 0 Å². The van der Waals surface area contributed by atoms with E-state index in [1.165, 1.54) is 0 Å². The van der Waals surface area contributed by atoms with E-state index in [0.29, 0.717) is 11.3 Å². The monoisotopic (exact) mass is 210 g/mol. The van der Waals surface area contributed by atoms with Gasteiger partial charge in [-0.1, -0.05) is 6.07 Å². The fraction of sp³-hybridized carbons (Fsp3) is 0.300. The molecule has 0 unspecified atom stereocenters. The number of hydrogen-bond donors (Lipinski definition) is 3. The van der Waals surface area contributed by atoms with Crippen molar-refractivity contribution in [3.05, 3.63) is 29.3 Å². The maximum Gasteiger partial charge on any atom is 0.274 e. The quantitative estimate of drug-likeness (QED) is 0.377. The third-order valence-electron chi connectivity index (χ3n) is 1.90. The smallest absolute Gasteiger partial charge is 0.274 e. The molecule has 1 aromatic carbocycles. The number of hydrogen-bond acceptors (Lipinski definition) is 4. The van der Waals surface area contributed by atoms with Crippen LogP contribution in [0.5, 0.6) is 0 Å². The predicted molar refractivity (Wildman–Crippen MR) is 56.1 cm³/mol. The number of nitrogens with one attached hydrogen (secondary N) is 1. The van der Waals surface area contributed by atoms with Crippen LogP contribution < -0.4 is 11.2 Å². The molecule has 0 fully saturated rings. The summed E-state index contributed by atoms with van der Waals surface area (Å²) in [6.45, 7) is 1.78. The van der Waals surface area contributed by atoms with E-state index in [1.54, 1.807) is 18.2 Å². The van der Waals surface area contributed by atoms with Gasteiger partial charge in [-0.3, -0.25) is 9.63 Å². The van der Waals surface area contributed by atoms with Crippen LogP contribution in [-0.2, 0) is 4.84 Å². The highest BCUT2D eigenvalue weighted by Gasteiger charge is 2.06. The van der Waals surface area contributed by atoms with E-state index in [2.05, 4.69) is 10.3 Å². The van der Waals surface area contributed by atoms with Gasteiger partial charge in [0.25, 0.3) is 5.91 Å². The minimum Gasteiger partial charge on any atom is -0.398 e. The van der Waals surface area contributed by atoms with E-state index in [0.717, 1.165) is 5.56 Å². The number of aliphatic hydroxyl groups is 1. The number of carbonyl (C=O) groups is 1. The second-order valence-corrected chi connectivity index (χ2v) is 3.07. The van der Waals surface area contributed by atoms with Crippen LogP contribution in [0, 0.1) is 6.92 Å². The third kappa shape index (κ3) is 3.23. The molecule has 1 rings (SSSR count). The lowest BCUT2D eigenvalue weighted by Crippen LogP contribution is -2.25. The van der Waals surface area contributed by atoms with E-state index >= 15 is 0 Å². The van der Waals surface area contributed by atoms with E-state index in [-0.39, 0.29) is 19.1 Å². The number of nitrogen functional groups attached to an aromatic ring is 1. The van der Waals surface area contributed by atoms with Crippen molar-refractivity contribution in [2.45, 2.75) is 6.92 Å². The summed E-state index contributed by atoms with van der Waals surface area (Å²) in [5.74, 6) is -0.379. The molecule has 1 aromatic rings. The zero-order chi connectivity index (χ0) is 11.3. The summed E-state index contributed by atoms with van der Waals surface area (Å²) in [4.78, 5) is 16.1. The van der Waals surface area contributed by atoms with E-state index < -0.39 is 0 Å². The Morgan fingerprint density at radius 2 is 2.33 bits per heavy atom. The number of nitrogens with two attached hydrogens (primary N) is 1. The highest BCUT2D eigenvalue weighted by Crippen LogP contribution is 2.12. The molecule has 0 bridgehead atoms. The first-order valence-electron chi connectivity index (χ1n) is 4.54. The highest BCUT2D eigenvalue weighted by atomic mass is 16.7. The Morgan fingerprint density at radius 3 is 2.93 bits per heavy atom. The minimum absolute atomic E-state index is 0.0626. The third-order valence-corrected chi connectivity index (χ3v) is 1.90. The van der Waals surface area contributed by atoms with E-state index in [4.69, 9.17) is 10.8 Å². The molecule has 5 nitrogen and oxygen atoms in total. The largest absolute Gasteiger partial charge is 0.398 e. The molecule has 5 heteroatoms. The van der Waals surface area contributed by atoms with Gasteiger partial charge in [0.05, 0.1) is 13.2 Å². The Kier molecular flexibility index (Phi) is 4.08. The van der Waals surface area contributed by atoms with Crippen LogP contribution in [0.4, 0.5) is 5.69 Å². The molecule has 0 saturated heterocycles. The summed E-state index contributed by atoms with van der Waals surface area (Å²) >= 11 is 0. The number of hydroxylamine groups is 1. The summed E-state index contributed by atoms with van der Waals surface area (Å²) in [5.41, 5.74) is 9.75. The van der Waals surface area contributed by atoms with Crippen LogP contribution in [0.15, 0.2) is 18.2 Å². The Balaban J connectivity index is 2.62. The molecule has 0 aliphatic heterocycles. The second-order valence-electron chi connectivity index (χ2n) is 3.07. The lowest BCUT2D eigenvalue weighted by Gasteiger charge is -2.06. The van der Waals surface area contributed by atoms with Gasteiger partial charge in [0.2, 0.25) is 0 Å². The number of aliphatic hydroxyl groups excluding tert-OH is 1. The minimum atomic E-state index is -0.379. The highest BCUT2D eigenvalue weighted by molar-refractivity contribution is 5.94. The average molecular weight is 210 g/mol. The standard InChI is InChI=1S/C10H14N2O3/c1-7-2-3-8(6-9(7)11)10(14)12-15-5-4-13/h2-3,6,13H,4-5,11H2,1H3,(H,12,14). The van der Waals surface area contributed by atoms with Gasteiger partial charge in [-0.15, -0.1) is 0 Å². The molecule has 82 valence electrons. The number of aryl methyl sites for hydroxylation is 1. The molecule has 0 saturated carbocycles.